The van der Waals surface area contributed by atoms with E-state index in [1.54, 1.807) is 0 Å². The van der Waals surface area contributed by atoms with Crippen molar-refractivity contribution >= 4 is 19.9 Å². The summed E-state index contributed by atoms with van der Waals surface area (Å²) >= 11 is 0. The summed E-state index contributed by atoms with van der Waals surface area (Å²) in [6.45, 7) is 0.351. The zero-order valence-electron chi connectivity index (χ0n) is 11.5. The summed E-state index contributed by atoms with van der Waals surface area (Å²) in [5.41, 5.74) is 5.74. The van der Waals surface area contributed by atoms with Gasteiger partial charge in [-0.25, -0.2) is 21.2 Å². The molecule has 1 aromatic carbocycles. The summed E-state index contributed by atoms with van der Waals surface area (Å²) in [7, 11) is -7.71. The Bertz CT molecular complexity index is 747. The fourth-order valence-corrected chi connectivity index (χ4v) is 4.59. The zero-order chi connectivity index (χ0) is 15.8. The lowest BCUT2D eigenvalue weighted by Gasteiger charge is -2.30. The highest BCUT2D eigenvalue weighted by atomic mass is 32.2. The Morgan fingerprint density at radius 2 is 1.95 bits per heavy atom. The standard InChI is InChI=1S/C12H17FN2O4S2/c1-20(16,17)10-4-5-11(13)12(7-10)21(18,19)15-6-2-3-9(14)8-15/h4-5,7,9H,2-3,6,8,14H2,1H3/t9-/m1/s1. The van der Waals surface area contributed by atoms with Crippen LogP contribution in [-0.2, 0) is 19.9 Å². The molecule has 0 spiro atoms. The van der Waals surface area contributed by atoms with Crippen molar-refractivity contribution in [2.75, 3.05) is 19.3 Å². The van der Waals surface area contributed by atoms with Crippen molar-refractivity contribution in [3.05, 3.63) is 24.0 Å². The lowest BCUT2D eigenvalue weighted by atomic mass is 10.1. The summed E-state index contributed by atoms with van der Waals surface area (Å²) in [5, 5.41) is 0. The molecule has 1 heterocycles. The predicted molar refractivity (Wildman–Crippen MR) is 75.5 cm³/mol. The van der Waals surface area contributed by atoms with Crippen molar-refractivity contribution < 1.29 is 21.2 Å². The summed E-state index contributed by atoms with van der Waals surface area (Å²) < 4.78 is 62.9. The normalized spacial score (nSPS) is 21.4. The predicted octanol–water partition coefficient (Wildman–Crippen LogP) is 0.341. The third kappa shape index (κ3) is 3.42. The van der Waals surface area contributed by atoms with E-state index < -0.39 is 30.6 Å². The molecule has 0 aromatic heterocycles. The maximum atomic E-state index is 13.9. The highest BCUT2D eigenvalue weighted by molar-refractivity contribution is 7.91. The lowest BCUT2D eigenvalue weighted by molar-refractivity contribution is 0.315. The average Bonchev–Trinajstić information content (AvgIpc) is 2.37. The number of benzene rings is 1. The number of nitrogens with zero attached hydrogens (tertiary/aromatic N) is 1. The summed E-state index contributed by atoms with van der Waals surface area (Å²) in [6, 6.07) is 2.47. The second-order valence-corrected chi connectivity index (χ2v) is 9.05. The van der Waals surface area contributed by atoms with E-state index in [1.165, 1.54) is 0 Å². The molecule has 0 aliphatic carbocycles. The van der Waals surface area contributed by atoms with Gasteiger partial charge in [0.1, 0.15) is 10.7 Å². The molecule has 1 atom stereocenters. The number of halogens is 1. The van der Waals surface area contributed by atoms with Gasteiger partial charge >= 0.3 is 0 Å². The third-order valence-corrected chi connectivity index (χ3v) is 6.36. The van der Waals surface area contributed by atoms with Crippen LogP contribution in [0.4, 0.5) is 4.39 Å². The van der Waals surface area contributed by atoms with Crippen LogP contribution in [0.2, 0.25) is 0 Å². The Labute approximate surface area is 123 Å². The molecular formula is C12H17FN2O4S2. The van der Waals surface area contributed by atoms with E-state index in [0.29, 0.717) is 12.8 Å². The van der Waals surface area contributed by atoms with Crippen LogP contribution in [0.5, 0.6) is 0 Å². The average molecular weight is 336 g/mol. The molecule has 2 rings (SSSR count). The number of rotatable bonds is 3. The maximum absolute atomic E-state index is 13.9. The van der Waals surface area contributed by atoms with Crippen LogP contribution in [0.25, 0.3) is 0 Å². The van der Waals surface area contributed by atoms with Crippen molar-refractivity contribution in [3.8, 4) is 0 Å². The number of sulfonamides is 1. The zero-order valence-corrected chi connectivity index (χ0v) is 13.1. The van der Waals surface area contributed by atoms with Crippen LogP contribution >= 0.6 is 0 Å². The van der Waals surface area contributed by atoms with Crippen LogP contribution in [0.1, 0.15) is 12.8 Å². The molecule has 9 heteroatoms. The SMILES string of the molecule is CS(=O)(=O)c1ccc(F)c(S(=O)(=O)N2CCC[C@@H](N)C2)c1. The van der Waals surface area contributed by atoms with E-state index in [-0.39, 0.29) is 24.0 Å². The van der Waals surface area contributed by atoms with E-state index in [2.05, 4.69) is 0 Å². The first-order valence-corrected chi connectivity index (χ1v) is 9.71. The first-order valence-electron chi connectivity index (χ1n) is 6.38. The van der Waals surface area contributed by atoms with E-state index in [1.807, 2.05) is 0 Å². The Hall–Kier alpha value is -1.03. The van der Waals surface area contributed by atoms with Crippen molar-refractivity contribution in [3.63, 3.8) is 0 Å². The molecule has 1 fully saturated rings. The van der Waals surface area contributed by atoms with Crippen LogP contribution in [0, 0.1) is 5.82 Å². The molecular weight excluding hydrogens is 319 g/mol. The molecule has 0 amide bonds. The minimum atomic E-state index is -4.09. The van der Waals surface area contributed by atoms with E-state index in [9.17, 15) is 21.2 Å². The molecule has 1 saturated heterocycles. The van der Waals surface area contributed by atoms with Gasteiger partial charge in [-0.3, -0.25) is 0 Å². The lowest BCUT2D eigenvalue weighted by Crippen LogP contribution is -2.45. The smallest absolute Gasteiger partial charge is 0.246 e. The Morgan fingerprint density at radius 3 is 2.52 bits per heavy atom. The fourth-order valence-electron chi connectivity index (χ4n) is 2.24. The Morgan fingerprint density at radius 1 is 1.29 bits per heavy atom. The Balaban J connectivity index is 2.49. The van der Waals surface area contributed by atoms with Crippen molar-refractivity contribution in [2.24, 2.45) is 5.73 Å². The first kappa shape index (κ1) is 16.3. The van der Waals surface area contributed by atoms with Crippen molar-refractivity contribution in [2.45, 2.75) is 28.7 Å². The molecule has 6 nitrogen and oxygen atoms in total. The summed E-state index contributed by atoms with van der Waals surface area (Å²) in [5.74, 6) is -0.971. The maximum Gasteiger partial charge on any atom is 0.246 e. The number of sulfone groups is 1. The van der Waals surface area contributed by atoms with Crippen LogP contribution in [0.15, 0.2) is 28.0 Å². The van der Waals surface area contributed by atoms with Crippen molar-refractivity contribution in [1.29, 1.82) is 0 Å². The topological polar surface area (TPSA) is 97.5 Å². The van der Waals surface area contributed by atoms with Gasteiger partial charge < -0.3 is 5.73 Å². The molecule has 2 N–H and O–H groups in total. The highest BCUT2D eigenvalue weighted by Crippen LogP contribution is 2.25. The number of piperidine rings is 1. The summed E-state index contributed by atoms with van der Waals surface area (Å²) in [4.78, 5) is -0.858. The highest BCUT2D eigenvalue weighted by Gasteiger charge is 2.31. The molecule has 1 aliphatic rings. The molecule has 118 valence electrons. The van der Waals surface area contributed by atoms with E-state index in [4.69, 9.17) is 5.73 Å². The van der Waals surface area contributed by atoms with Crippen LogP contribution in [-0.4, -0.2) is 46.5 Å². The minimum Gasteiger partial charge on any atom is -0.327 e. The van der Waals surface area contributed by atoms with Gasteiger partial charge in [0.25, 0.3) is 0 Å². The monoisotopic (exact) mass is 336 g/mol. The van der Waals surface area contributed by atoms with Gasteiger partial charge in [0, 0.05) is 25.4 Å². The van der Waals surface area contributed by atoms with Gasteiger partial charge in [0.2, 0.25) is 10.0 Å². The second-order valence-electron chi connectivity index (χ2n) is 5.13. The summed E-state index contributed by atoms with van der Waals surface area (Å²) in [6.07, 6.45) is 2.24. The first-order chi connectivity index (χ1) is 9.62. The largest absolute Gasteiger partial charge is 0.327 e. The van der Waals surface area contributed by atoms with E-state index in [0.717, 1.165) is 28.8 Å². The van der Waals surface area contributed by atoms with Gasteiger partial charge in [-0.15, -0.1) is 0 Å². The minimum absolute atomic E-state index is 0.102. The van der Waals surface area contributed by atoms with Gasteiger partial charge in [0.05, 0.1) is 4.90 Å². The quantitative estimate of drug-likeness (QED) is 0.803. The third-order valence-electron chi connectivity index (χ3n) is 3.37. The molecule has 0 radical (unpaired) electrons. The second kappa shape index (κ2) is 5.64. The fraction of sp³-hybridized carbons (Fsp3) is 0.500. The van der Waals surface area contributed by atoms with Crippen LogP contribution < -0.4 is 5.73 Å². The molecule has 1 aliphatic heterocycles. The van der Waals surface area contributed by atoms with Crippen LogP contribution in [0.3, 0.4) is 0 Å². The molecule has 1 aromatic rings. The van der Waals surface area contributed by atoms with E-state index >= 15 is 0 Å². The number of hydrogen-bond acceptors (Lipinski definition) is 5. The Kier molecular flexibility index (Phi) is 4.39. The number of nitrogens with two attached hydrogens (primary N) is 1. The van der Waals surface area contributed by atoms with Gasteiger partial charge in [0.15, 0.2) is 9.84 Å². The van der Waals surface area contributed by atoms with Gasteiger partial charge in [-0.05, 0) is 31.0 Å². The molecule has 0 bridgehead atoms. The molecule has 0 saturated carbocycles. The van der Waals surface area contributed by atoms with Gasteiger partial charge in [-0.2, -0.15) is 4.31 Å². The molecule has 21 heavy (non-hydrogen) atoms. The molecule has 0 unspecified atom stereocenters. The van der Waals surface area contributed by atoms with Crippen molar-refractivity contribution in [1.82, 2.24) is 4.31 Å². The van der Waals surface area contributed by atoms with Gasteiger partial charge in [-0.1, -0.05) is 0 Å². The number of hydrogen-bond donors (Lipinski definition) is 1.